The van der Waals surface area contributed by atoms with Crippen molar-refractivity contribution in [1.29, 1.82) is 0 Å². The summed E-state index contributed by atoms with van der Waals surface area (Å²) in [5, 5.41) is 9.13. The maximum absolute atomic E-state index is 9.13. The summed E-state index contributed by atoms with van der Waals surface area (Å²) in [6.45, 7) is 1.82. The number of aliphatic hydroxyl groups excluding tert-OH is 1. The molecule has 0 bridgehead atoms. The second-order valence-corrected chi connectivity index (χ2v) is 5.39. The van der Waals surface area contributed by atoms with Crippen LogP contribution in [-0.4, -0.2) is 29.2 Å². The van der Waals surface area contributed by atoms with E-state index in [1.807, 2.05) is 12.1 Å². The highest BCUT2D eigenvalue weighted by atomic mass is 79.9. The number of hydrogen-bond acceptors (Lipinski definition) is 3. The molecule has 3 nitrogen and oxygen atoms in total. The van der Waals surface area contributed by atoms with Gasteiger partial charge in [0, 0.05) is 29.3 Å². The third kappa shape index (κ3) is 3.00. The van der Waals surface area contributed by atoms with Crippen LogP contribution in [0.5, 0.6) is 0 Å². The molecular weight excluding hydrogens is 280 g/mol. The number of nitrogen functional groups attached to an aromatic ring is 1. The predicted molar refractivity (Wildman–Crippen MR) is 73.7 cm³/mol. The number of rotatable bonds is 5. The molecule has 0 spiro atoms. The van der Waals surface area contributed by atoms with Gasteiger partial charge in [-0.25, -0.2) is 0 Å². The van der Waals surface area contributed by atoms with Gasteiger partial charge in [0.1, 0.15) is 0 Å². The molecule has 94 valence electrons. The zero-order valence-electron chi connectivity index (χ0n) is 9.90. The normalized spacial score (nSPS) is 16.2. The van der Waals surface area contributed by atoms with Crippen molar-refractivity contribution in [3.8, 4) is 0 Å². The molecule has 1 saturated carbocycles. The summed E-state index contributed by atoms with van der Waals surface area (Å²) in [5.74, 6) is 0. The van der Waals surface area contributed by atoms with Crippen LogP contribution in [0.4, 0.5) is 5.69 Å². The van der Waals surface area contributed by atoms with Gasteiger partial charge in [-0.05, 0) is 40.4 Å². The fraction of sp³-hybridized carbons (Fsp3) is 0.538. The highest BCUT2D eigenvalue weighted by Gasteiger charge is 2.24. The highest BCUT2D eigenvalue weighted by molar-refractivity contribution is 9.10. The zero-order chi connectivity index (χ0) is 12.3. The standard InChI is InChI=1S/C13H19BrN2O/c14-13-10(3-1-6-12(13)15)9-16(7-8-17)11-4-2-5-11/h1,3,6,11,17H,2,4-5,7-9,15H2. The lowest BCUT2D eigenvalue weighted by atomic mass is 9.91. The minimum atomic E-state index is 0.219. The predicted octanol–water partition coefficient (Wildman–Crippen LogP) is 2.38. The van der Waals surface area contributed by atoms with Gasteiger partial charge in [0.05, 0.1) is 6.61 Å². The molecule has 2 rings (SSSR count). The smallest absolute Gasteiger partial charge is 0.0558 e. The Bertz CT molecular complexity index is 380. The van der Waals surface area contributed by atoms with E-state index < -0.39 is 0 Å². The summed E-state index contributed by atoms with van der Waals surface area (Å²) < 4.78 is 0.988. The van der Waals surface area contributed by atoms with E-state index in [4.69, 9.17) is 10.8 Å². The summed E-state index contributed by atoms with van der Waals surface area (Å²) in [4.78, 5) is 2.35. The van der Waals surface area contributed by atoms with Gasteiger partial charge in [-0.1, -0.05) is 18.6 Å². The van der Waals surface area contributed by atoms with Gasteiger partial charge in [-0.15, -0.1) is 0 Å². The molecule has 1 aliphatic carbocycles. The number of aliphatic hydroxyl groups is 1. The average molecular weight is 299 g/mol. The van der Waals surface area contributed by atoms with Crippen LogP contribution >= 0.6 is 15.9 Å². The molecule has 0 aromatic heterocycles. The van der Waals surface area contributed by atoms with E-state index >= 15 is 0 Å². The van der Waals surface area contributed by atoms with Crippen molar-refractivity contribution >= 4 is 21.6 Å². The van der Waals surface area contributed by atoms with Gasteiger partial charge in [-0.2, -0.15) is 0 Å². The van der Waals surface area contributed by atoms with Crippen LogP contribution in [0.2, 0.25) is 0 Å². The average Bonchev–Trinajstić information content (AvgIpc) is 2.22. The Balaban J connectivity index is 2.08. The van der Waals surface area contributed by atoms with E-state index in [1.165, 1.54) is 24.8 Å². The van der Waals surface area contributed by atoms with Crippen molar-refractivity contribution in [1.82, 2.24) is 4.90 Å². The highest BCUT2D eigenvalue weighted by Crippen LogP contribution is 2.29. The van der Waals surface area contributed by atoms with Crippen LogP contribution in [0.1, 0.15) is 24.8 Å². The van der Waals surface area contributed by atoms with Crippen molar-refractivity contribution in [3.63, 3.8) is 0 Å². The topological polar surface area (TPSA) is 49.5 Å². The molecule has 0 amide bonds. The number of halogens is 1. The van der Waals surface area contributed by atoms with E-state index in [9.17, 15) is 0 Å². The monoisotopic (exact) mass is 298 g/mol. The molecular formula is C13H19BrN2O. The maximum atomic E-state index is 9.13. The Morgan fingerprint density at radius 3 is 2.76 bits per heavy atom. The molecule has 17 heavy (non-hydrogen) atoms. The van der Waals surface area contributed by atoms with Gasteiger partial charge in [0.2, 0.25) is 0 Å². The SMILES string of the molecule is Nc1cccc(CN(CCO)C2CCC2)c1Br. The summed E-state index contributed by atoms with van der Waals surface area (Å²) in [6.07, 6.45) is 3.81. The van der Waals surface area contributed by atoms with E-state index in [-0.39, 0.29) is 6.61 Å². The molecule has 0 saturated heterocycles. The van der Waals surface area contributed by atoms with Crippen LogP contribution < -0.4 is 5.73 Å². The second-order valence-electron chi connectivity index (χ2n) is 4.60. The van der Waals surface area contributed by atoms with Gasteiger partial charge in [-0.3, -0.25) is 4.90 Å². The molecule has 1 aliphatic rings. The summed E-state index contributed by atoms with van der Waals surface area (Å²) >= 11 is 3.53. The summed E-state index contributed by atoms with van der Waals surface area (Å²) in [6, 6.07) is 6.60. The van der Waals surface area contributed by atoms with Gasteiger partial charge in [0.25, 0.3) is 0 Å². The van der Waals surface area contributed by atoms with Gasteiger partial charge >= 0.3 is 0 Å². The molecule has 4 heteroatoms. The van der Waals surface area contributed by atoms with E-state index in [1.54, 1.807) is 0 Å². The number of benzene rings is 1. The fourth-order valence-electron chi connectivity index (χ4n) is 2.21. The Kier molecular flexibility index (Phi) is 4.42. The first-order valence-corrected chi connectivity index (χ1v) is 6.89. The van der Waals surface area contributed by atoms with Crippen LogP contribution in [0.25, 0.3) is 0 Å². The fourth-order valence-corrected chi connectivity index (χ4v) is 2.60. The van der Waals surface area contributed by atoms with Crippen molar-refractivity contribution in [2.75, 3.05) is 18.9 Å². The summed E-state index contributed by atoms with van der Waals surface area (Å²) in [5.41, 5.74) is 7.86. The second kappa shape index (κ2) is 5.85. The van der Waals surface area contributed by atoms with Gasteiger partial charge in [0.15, 0.2) is 0 Å². The van der Waals surface area contributed by atoms with E-state index in [2.05, 4.69) is 26.9 Å². The largest absolute Gasteiger partial charge is 0.398 e. The van der Waals surface area contributed by atoms with Crippen molar-refractivity contribution in [3.05, 3.63) is 28.2 Å². The van der Waals surface area contributed by atoms with Crippen LogP contribution in [0, 0.1) is 0 Å². The Morgan fingerprint density at radius 1 is 1.41 bits per heavy atom. The molecule has 0 heterocycles. The van der Waals surface area contributed by atoms with Crippen LogP contribution in [-0.2, 0) is 6.54 Å². The molecule has 0 atom stereocenters. The Morgan fingerprint density at radius 2 is 2.18 bits per heavy atom. The molecule has 3 N–H and O–H groups in total. The molecule has 1 fully saturated rings. The van der Waals surface area contributed by atoms with E-state index in [0.717, 1.165) is 23.2 Å². The molecule has 0 aliphatic heterocycles. The maximum Gasteiger partial charge on any atom is 0.0558 e. The third-order valence-corrected chi connectivity index (χ3v) is 4.43. The minimum absolute atomic E-state index is 0.219. The van der Waals surface area contributed by atoms with Crippen LogP contribution in [0.3, 0.4) is 0 Å². The molecule has 1 aromatic carbocycles. The third-order valence-electron chi connectivity index (χ3n) is 3.46. The molecule has 1 aromatic rings. The minimum Gasteiger partial charge on any atom is -0.398 e. The Labute approximate surface area is 111 Å². The van der Waals surface area contributed by atoms with Crippen LogP contribution in [0.15, 0.2) is 22.7 Å². The first-order chi connectivity index (χ1) is 8.22. The summed E-state index contributed by atoms with van der Waals surface area (Å²) in [7, 11) is 0. The number of nitrogens with two attached hydrogens (primary N) is 1. The number of nitrogens with zero attached hydrogens (tertiary/aromatic N) is 1. The van der Waals surface area contributed by atoms with Crippen molar-refractivity contribution in [2.45, 2.75) is 31.8 Å². The van der Waals surface area contributed by atoms with Gasteiger partial charge < -0.3 is 10.8 Å². The Hall–Kier alpha value is -0.580. The molecule has 0 unspecified atom stereocenters. The number of anilines is 1. The lowest BCUT2D eigenvalue weighted by Crippen LogP contribution is -2.41. The lowest BCUT2D eigenvalue weighted by molar-refractivity contribution is 0.0944. The first-order valence-electron chi connectivity index (χ1n) is 6.10. The van der Waals surface area contributed by atoms with Crippen molar-refractivity contribution < 1.29 is 5.11 Å². The zero-order valence-corrected chi connectivity index (χ0v) is 11.5. The first kappa shape index (κ1) is 12.9. The van der Waals surface area contributed by atoms with Crippen molar-refractivity contribution in [2.24, 2.45) is 0 Å². The number of hydrogen-bond donors (Lipinski definition) is 2. The lowest BCUT2D eigenvalue weighted by Gasteiger charge is -2.37. The van der Waals surface area contributed by atoms with E-state index in [0.29, 0.717) is 6.04 Å². The quantitative estimate of drug-likeness (QED) is 0.821. The molecule has 0 radical (unpaired) electrons.